The Hall–Kier alpha value is -1.15. The minimum Gasteiger partial charge on any atom is -0.382 e. The van der Waals surface area contributed by atoms with E-state index in [-0.39, 0.29) is 5.78 Å². The van der Waals surface area contributed by atoms with Gasteiger partial charge >= 0.3 is 0 Å². The lowest BCUT2D eigenvalue weighted by Gasteiger charge is -2.31. The Bertz CT molecular complexity index is 532. The maximum atomic E-state index is 12.7. The number of hydrogen-bond acceptors (Lipinski definition) is 2. The van der Waals surface area contributed by atoms with Crippen LogP contribution in [0.25, 0.3) is 0 Å². The van der Waals surface area contributed by atoms with Crippen LogP contribution in [0.4, 0.5) is 0 Å². The van der Waals surface area contributed by atoms with Gasteiger partial charge in [0.2, 0.25) is 0 Å². The van der Waals surface area contributed by atoms with Crippen molar-refractivity contribution in [2.24, 2.45) is 5.92 Å². The van der Waals surface area contributed by atoms with E-state index in [1.165, 1.54) is 44.1 Å². The molecule has 0 heterocycles. The van der Waals surface area contributed by atoms with Gasteiger partial charge in [-0.3, -0.25) is 4.79 Å². The Kier molecular flexibility index (Phi) is 5.76. The maximum absolute atomic E-state index is 12.7. The molecule has 0 aromatic heterocycles. The summed E-state index contributed by atoms with van der Waals surface area (Å²) >= 11 is 0. The lowest BCUT2D eigenvalue weighted by molar-refractivity contribution is 0.0116. The maximum Gasteiger partial charge on any atom is 0.194 e. The van der Waals surface area contributed by atoms with Crippen LogP contribution in [0, 0.1) is 5.92 Å². The fraction of sp³-hybridized carbons (Fsp3) is 0.682. The summed E-state index contributed by atoms with van der Waals surface area (Å²) in [4.78, 5) is 12.7. The van der Waals surface area contributed by atoms with Crippen molar-refractivity contribution in [3.63, 3.8) is 0 Å². The van der Waals surface area contributed by atoms with E-state index < -0.39 is 5.60 Å². The summed E-state index contributed by atoms with van der Waals surface area (Å²) < 4.78 is 0. The molecule has 0 spiro atoms. The van der Waals surface area contributed by atoms with Gasteiger partial charge in [0.05, 0.1) is 0 Å². The predicted molar refractivity (Wildman–Crippen MR) is 98.4 cm³/mol. The molecule has 2 heteroatoms. The minimum atomic E-state index is -1.11. The fourth-order valence-corrected chi connectivity index (χ4v) is 4.73. The molecular formula is C22H32O2. The SMILES string of the molecule is CCCC1CCC(c2ccc(C(=O)C3(O)CCCCC3)cc2)CC1. The van der Waals surface area contributed by atoms with Crippen LogP contribution >= 0.6 is 0 Å². The first-order chi connectivity index (χ1) is 11.6. The molecule has 3 rings (SSSR count). The molecular weight excluding hydrogens is 296 g/mol. The van der Waals surface area contributed by atoms with Crippen LogP contribution in [0.5, 0.6) is 0 Å². The van der Waals surface area contributed by atoms with E-state index in [0.29, 0.717) is 24.3 Å². The molecule has 0 radical (unpaired) electrons. The van der Waals surface area contributed by atoms with Crippen molar-refractivity contribution < 1.29 is 9.90 Å². The smallest absolute Gasteiger partial charge is 0.194 e. The normalized spacial score (nSPS) is 26.9. The molecule has 2 saturated carbocycles. The van der Waals surface area contributed by atoms with Crippen LogP contribution in [0.1, 0.15) is 99.4 Å². The lowest BCUT2D eigenvalue weighted by Crippen LogP contribution is -2.40. The molecule has 1 N–H and O–H groups in total. The highest BCUT2D eigenvalue weighted by Crippen LogP contribution is 2.38. The highest BCUT2D eigenvalue weighted by molar-refractivity contribution is 6.02. The number of rotatable bonds is 5. The standard InChI is InChI=1S/C22H32O2/c1-2-6-17-7-9-18(10-8-17)19-11-13-20(14-12-19)21(23)22(24)15-4-3-5-16-22/h11-14,17-18,24H,2-10,15-16H2,1H3. The number of benzene rings is 1. The van der Waals surface area contributed by atoms with Crippen molar-refractivity contribution in [2.45, 2.75) is 89.1 Å². The van der Waals surface area contributed by atoms with Gasteiger partial charge in [0.25, 0.3) is 0 Å². The number of hydrogen-bond donors (Lipinski definition) is 1. The third-order valence-electron chi connectivity index (χ3n) is 6.29. The zero-order valence-corrected chi connectivity index (χ0v) is 15.1. The second kappa shape index (κ2) is 7.82. The first-order valence-electron chi connectivity index (χ1n) is 9.99. The Morgan fingerprint density at radius 2 is 1.67 bits per heavy atom. The molecule has 2 aliphatic carbocycles. The van der Waals surface area contributed by atoms with Gasteiger partial charge in [0.15, 0.2) is 5.78 Å². The first-order valence-corrected chi connectivity index (χ1v) is 9.99. The number of Topliss-reactive ketones (excluding diaryl/α,β-unsaturated/α-hetero) is 1. The van der Waals surface area contributed by atoms with Gasteiger partial charge in [-0.15, -0.1) is 0 Å². The van der Waals surface area contributed by atoms with Crippen molar-refractivity contribution in [3.8, 4) is 0 Å². The first kappa shape index (κ1) is 17.7. The molecule has 0 amide bonds. The predicted octanol–water partition coefficient (Wildman–Crippen LogP) is 5.64. The van der Waals surface area contributed by atoms with E-state index in [0.717, 1.165) is 25.2 Å². The van der Waals surface area contributed by atoms with E-state index in [9.17, 15) is 9.90 Å². The molecule has 132 valence electrons. The van der Waals surface area contributed by atoms with E-state index in [1.54, 1.807) is 0 Å². The molecule has 24 heavy (non-hydrogen) atoms. The number of carbonyl (C=O) groups excluding carboxylic acids is 1. The molecule has 2 nitrogen and oxygen atoms in total. The highest BCUT2D eigenvalue weighted by Gasteiger charge is 2.37. The Morgan fingerprint density at radius 1 is 1.04 bits per heavy atom. The summed E-state index contributed by atoms with van der Waals surface area (Å²) in [5.41, 5.74) is 0.942. The second-order valence-electron chi connectivity index (χ2n) is 8.05. The number of aliphatic hydroxyl groups is 1. The topological polar surface area (TPSA) is 37.3 Å². The van der Waals surface area contributed by atoms with Crippen LogP contribution < -0.4 is 0 Å². The van der Waals surface area contributed by atoms with E-state index in [1.807, 2.05) is 12.1 Å². The van der Waals surface area contributed by atoms with Crippen LogP contribution in [-0.2, 0) is 0 Å². The summed E-state index contributed by atoms with van der Waals surface area (Å²) in [6, 6.07) is 8.15. The van der Waals surface area contributed by atoms with E-state index in [2.05, 4.69) is 19.1 Å². The second-order valence-corrected chi connectivity index (χ2v) is 8.05. The van der Waals surface area contributed by atoms with Crippen molar-refractivity contribution in [3.05, 3.63) is 35.4 Å². The largest absolute Gasteiger partial charge is 0.382 e. The van der Waals surface area contributed by atoms with Crippen molar-refractivity contribution >= 4 is 5.78 Å². The molecule has 1 aromatic rings. The summed E-state index contributed by atoms with van der Waals surface area (Å²) in [5, 5.41) is 10.6. The Labute approximate surface area is 146 Å². The number of ketones is 1. The van der Waals surface area contributed by atoms with Crippen LogP contribution in [0.15, 0.2) is 24.3 Å². The fourth-order valence-electron chi connectivity index (χ4n) is 4.73. The third-order valence-corrected chi connectivity index (χ3v) is 6.29. The van der Waals surface area contributed by atoms with E-state index >= 15 is 0 Å². The Morgan fingerprint density at radius 3 is 2.25 bits per heavy atom. The van der Waals surface area contributed by atoms with Gasteiger partial charge in [-0.1, -0.05) is 63.3 Å². The molecule has 0 aliphatic heterocycles. The third kappa shape index (κ3) is 3.91. The highest BCUT2D eigenvalue weighted by atomic mass is 16.3. The lowest BCUT2D eigenvalue weighted by atomic mass is 9.76. The Balaban J connectivity index is 1.62. The van der Waals surface area contributed by atoms with Gasteiger partial charge < -0.3 is 5.11 Å². The van der Waals surface area contributed by atoms with Gasteiger partial charge in [-0.25, -0.2) is 0 Å². The van der Waals surface area contributed by atoms with Crippen molar-refractivity contribution in [1.82, 2.24) is 0 Å². The number of carbonyl (C=O) groups is 1. The summed E-state index contributed by atoms with van der Waals surface area (Å²) in [5.74, 6) is 1.51. The van der Waals surface area contributed by atoms with Crippen LogP contribution in [0.3, 0.4) is 0 Å². The molecule has 0 bridgehead atoms. The van der Waals surface area contributed by atoms with Gasteiger partial charge in [-0.2, -0.15) is 0 Å². The van der Waals surface area contributed by atoms with E-state index in [4.69, 9.17) is 0 Å². The summed E-state index contributed by atoms with van der Waals surface area (Å²) in [6.45, 7) is 2.28. The molecule has 0 saturated heterocycles. The average molecular weight is 328 g/mol. The summed E-state index contributed by atoms with van der Waals surface area (Å²) in [7, 11) is 0. The van der Waals surface area contributed by atoms with Crippen LogP contribution in [-0.4, -0.2) is 16.5 Å². The van der Waals surface area contributed by atoms with Gasteiger partial charge in [0, 0.05) is 5.56 Å². The molecule has 0 atom stereocenters. The quantitative estimate of drug-likeness (QED) is 0.710. The van der Waals surface area contributed by atoms with Crippen molar-refractivity contribution in [2.75, 3.05) is 0 Å². The van der Waals surface area contributed by atoms with Crippen LogP contribution in [0.2, 0.25) is 0 Å². The summed E-state index contributed by atoms with van der Waals surface area (Å²) in [6.07, 6.45) is 12.2. The molecule has 2 aliphatic rings. The van der Waals surface area contributed by atoms with Gasteiger partial charge in [-0.05, 0) is 55.9 Å². The molecule has 0 unspecified atom stereocenters. The molecule has 2 fully saturated rings. The van der Waals surface area contributed by atoms with Gasteiger partial charge in [0.1, 0.15) is 5.60 Å². The monoisotopic (exact) mass is 328 g/mol. The zero-order chi connectivity index (χ0) is 17.0. The van der Waals surface area contributed by atoms with Crippen molar-refractivity contribution in [1.29, 1.82) is 0 Å². The average Bonchev–Trinajstić information content (AvgIpc) is 2.63. The molecule has 1 aromatic carbocycles. The minimum absolute atomic E-state index is 0.0691. The zero-order valence-electron chi connectivity index (χ0n) is 15.1.